The van der Waals surface area contributed by atoms with Crippen molar-refractivity contribution in [2.75, 3.05) is 13.2 Å². The molecule has 0 N–H and O–H groups in total. The van der Waals surface area contributed by atoms with E-state index in [2.05, 4.69) is 75.8 Å². The maximum atomic E-state index is 5.59. The zero-order valence-corrected chi connectivity index (χ0v) is 19.9. The zero-order chi connectivity index (χ0) is 21.1. The summed E-state index contributed by atoms with van der Waals surface area (Å²) in [7, 11) is 9.53. The summed E-state index contributed by atoms with van der Waals surface area (Å²) in [6.45, 7) is 13.5. The molecule has 0 amide bonds. The summed E-state index contributed by atoms with van der Waals surface area (Å²) in [6, 6.07) is 8.61. The van der Waals surface area contributed by atoms with Gasteiger partial charge in [-0.1, -0.05) is 35.4 Å². The van der Waals surface area contributed by atoms with Gasteiger partial charge in [0.25, 0.3) is 0 Å². The van der Waals surface area contributed by atoms with E-state index in [0.29, 0.717) is 13.2 Å². The Morgan fingerprint density at radius 1 is 0.714 bits per heavy atom. The van der Waals surface area contributed by atoms with Crippen LogP contribution in [0.1, 0.15) is 33.4 Å². The fraction of sp³-hybridized carbons (Fsp3) is 0.364. The van der Waals surface area contributed by atoms with Crippen LogP contribution < -0.4 is 0 Å². The quantitative estimate of drug-likeness (QED) is 0.257. The van der Waals surface area contributed by atoms with Gasteiger partial charge in [0, 0.05) is 12.4 Å². The Kier molecular flexibility index (Phi) is 11.7. The number of aliphatic imine (C=N–C) groups is 2. The van der Waals surface area contributed by atoms with Crippen molar-refractivity contribution in [1.29, 1.82) is 0 Å². The monoisotopic (exact) mass is 462 g/mol. The molecular weight excluding hydrogens is 435 g/mol. The molecule has 0 unspecified atom stereocenters. The van der Waals surface area contributed by atoms with Crippen LogP contribution in [0.2, 0.25) is 0 Å². The van der Waals surface area contributed by atoms with Crippen molar-refractivity contribution in [3.8, 4) is 0 Å². The standard InChI is InChI=1S/C22H28N2O.2ClH.Fe/c1-15-11-17(3)21(18(4)12-15)23-7-9-25-10-8-24-22-19(5)13-16(2)14-20(22)6;;;/h7-8,11-14H,9-10H2,1-6H3;2*1H;/q;;;+2/p-2. The number of benzene rings is 2. The number of rotatable bonds is 6. The molecule has 0 aliphatic rings. The van der Waals surface area contributed by atoms with Crippen LogP contribution in [-0.2, 0) is 17.9 Å². The van der Waals surface area contributed by atoms with E-state index in [9.17, 15) is 0 Å². The predicted molar refractivity (Wildman–Crippen MR) is 120 cm³/mol. The Hall–Kier alpha value is -1.16. The Labute approximate surface area is 183 Å². The Balaban J connectivity index is 0.00000122. The summed E-state index contributed by atoms with van der Waals surface area (Å²) < 4.78 is 5.59. The summed E-state index contributed by atoms with van der Waals surface area (Å²) in [5, 5.41) is 0. The van der Waals surface area contributed by atoms with Crippen LogP contribution in [0.5, 0.6) is 0 Å². The molecule has 0 heterocycles. The number of hydrogen-bond donors (Lipinski definition) is 0. The third kappa shape index (κ3) is 8.46. The Morgan fingerprint density at radius 3 is 1.29 bits per heavy atom. The molecule has 6 heteroatoms. The average Bonchev–Trinajstić information content (AvgIpc) is 2.58. The molecule has 2 aromatic carbocycles. The molecule has 0 spiro atoms. The zero-order valence-electron chi connectivity index (χ0n) is 17.3. The molecular formula is C22H28Cl2FeN2O. The first-order valence-corrected chi connectivity index (χ1v) is 12.0. The van der Waals surface area contributed by atoms with Crippen molar-refractivity contribution in [2.24, 2.45) is 9.98 Å². The Bertz CT molecular complexity index is 722. The van der Waals surface area contributed by atoms with Gasteiger partial charge in [-0.15, -0.1) is 0 Å². The summed E-state index contributed by atoms with van der Waals surface area (Å²) in [6.07, 6.45) is 3.64. The van der Waals surface area contributed by atoms with Gasteiger partial charge in [-0.25, -0.2) is 0 Å². The van der Waals surface area contributed by atoms with Gasteiger partial charge in [-0.3, -0.25) is 9.98 Å². The fourth-order valence-corrected chi connectivity index (χ4v) is 3.18. The van der Waals surface area contributed by atoms with E-state index in [4.69, 9.17) is 24.9 Å². The second kappa shape index (κ2) is 13.1. The molecule has 0 aliphatic carbocycles. The first-order chi connectivity index (χ1) is 13.3. The first-order valence-electron chi connectivity index (χ1n) is 8.93. The molecule has 0 saturated heterocycles. The van der Waals surface area contributed by atoms with E-state index in [1.165, 1.54) is 33.4 Å². The molecule has 0 atom stereocenters. The van der Waals surface area contributed by atoms with Gasteiger partial charge in [-0.05, 0) is 63.8 Å². The molecule has 0 fully saturated rings. The van der Waals surface area contributed by atoms with Crippen LogP contribution in [0.3, 0.4) is 0 Å². The van der Waals surface area contributed by atoms with E-state index in [1.807, 2.05) is 12.4 Å². The SMILES string of the molecule is Cc1cc(C)c(N=CCOCC=Nc2c(C)cc(C)cc2C)c(C)c1.[Cl][Fe][Cl]. The van der Waals surface area contributed by atoms with Crippen LogP contribution in [0.4, 0.5) is 11.4 Å². The second-order valence-electron chi connectivity index (χ2n) is 6.71. The Morgan fingerprint density at radius 2 is 1.00 bits per heavy atom. The third-order valence-corrected chi connectivity index (χ3v) is 4.10. The van der Waals surface area contributed by atoms with Crippen LogP contribution in [0, 0.1) is 41.5 Å². The van der Waals surface area contributed by atoms with Crippen LogP contribution in [0.25, 0.3) is 0 Å². The number of halogens is 2. The van der Waals surface area contributed by atoms with E-state index >= 15 is 0 Å². The summed E-state index contributed by atoms with van der Waals surface area (Å²) >= 11 is 0.194. The molecule has 154 valence electrons. The summed E-state index contributed by atoms with van der Waals surface area (Å²) in [5.74, 6) is 0. The van der Waals surface area contributed by atoms with Crippen LogP contribution in [0.15, 0.2) is 34.3 Å². The van der Waals surface area contributed by atoms with Gasteiger partial charge < -0.3 is 4.74 Å². The van der Waals surface area contributed by atoms with Gasteiger partial charge in [0.2, 0.25) is 0 Å². The van der Waals surface area contributed by atoms with E-state index in [0.717, 1.165) is 11.4 Å². The molecule has 0 aromatic heterocycles. The average molecular weight is 463 g/mol. The number of ether oxygens (including phenoxy) is 1. The van der Waals surface area contributed by atoms with E-state index in [-0.39, 0.29) is 13.1 Å². The summed E-state index contributed by atoms with van der Waals surface area (Å²) in [5.41, 5.74) is 9.39. The van der Waals surface area contributed by atoms with E-state index in [1.54, 1.807) is 0 Å². The normalized spacial score (nSPS) is 11.3. The van der Waals surface area contributed by atoms with Crippen LogP contribution in [-0.4, -0.2) is 25.6 Å². The van der Waals surface area contributed by atoms with Crippen molar-refractivity contribution in [2.45, 2.75) is 41.5 Å². The second-order valence-corrected chi connectivity index (χ2v) is 8.53. The minimum absolute atomic E-state index is 0.194. The van der Waals surface area contributed by atoms with Crippen molar-refractivity contribution < 1.29 is 17.9 Å². The first kappa shape index (κ1) is 24.9. The van der Waals surface area contributed by atoms with Gasteiger partial charge in [-0.2, -0.15) is 0 Å². The van der Waals surface area contributed by atoms with Crippen LogP contribution >= 0.6 is 20.2 Å². The number of hydrogen-bond acceptors (Lipinski definition) is 3. The number of nitrogens with zero attached hydrogens (tertiary/aromatic N) is 2. The van der Waals surface area contributed by atoms with Crippen molar-refractivity contribution >= 4 is 44.0 Å². The van der Waals surface area contributed by atoms with Crippen molar-refractivity contribution in [1.82, 2.24) is 0 Å². The topological polar surface area (TPSA) is 34.0 Å². The summed E-state index contributed by atoms with van der Waals surface area (Å²) in [4.78, 5) is 9.09. The molecule has 0 bridgehead atoms. The molecule has 0 aliphatic heterocycles. The van der Waals surface area contributed by atoms with Crippen molar-refractivity contribution in [3.05, 3.63) is 57.6 Å². The molecule has 2 rings (SSSR count). The molecule has 0 saturated carbocycles. The van der Waals surface area contributed by atoms with E-state index < -0.39 is 0 Å². The molecule has 0 radical (unpaired) electrons. The maximum absolute atomic E-state index is 5.59. The third-order valence-electron chi connectivity index (χ3n) is 4.10. The molecule has 2 aromatic rings. The fourth-order valence-electron chi connectivity index (χ4n) is 3.18. The van der Waals surface area contributed by atoms with Gasteiger partial charge >= 0.3 is 33.3 Å². The minimum atomic E-state index is 0.194. The molecule has 28 heavy (non-hydrogen) atoms. The van der Waals surface area contributed by atoms with Gasteiger partial charge in [0.15, 0.2) is 0 Å². The van der Waals surface area contributed by atoms with Gasteiger partial charge in [0.05, 0.1) is 24.6 Å². The number of aryl methyl sites for hydroxylation is 6. The molecule has 3 nitrogen and oxygen atoms in total. The predicted octanol–water partition coefficient (Wildman–Crippen LogP) is 7.04. The van der Waals surface area contributed by atoms with Gasteiger partial charge in [0.1, 0.15) is 0 Å². The van der Waals surface area contributed by atoms with Crippen molar-refractivity contribution in [3.63, 3.8) is 0 Å².